The Labute approximate surface area is 81.2 Å². The van der Waals surface area contributed by atoms with Gasteiger partial charge in [-0.25, -0.2) is 0 Å². The van der Waals surface area contributed by atoms with Crippen LogP contribution >= 0.6 is 0 Å². The van der Waals surface area contributed by atoms with Crippen LogP contribution in [0.25, 0.3) is 0 Å². The van der Waals surface area contributed by atoms with Gasteiger partial charge in [-0.3, -0.25) is 4.79 Å². The second kappa shape index (κ2) is 5.72. The summed E-state index contributed by atoms with van der Waals surface area (Å²) in [4.78, 5) is 10.7. The summed E-state index contributed by atoms with van der Waals surface area (Å²) in [5, 5.41) is 0. The van der Waals surface area contributed by atoms with Gasteiger partial charge >= 0.3 is 12.9 Å². The second-order valence-electron chi connectivity index (χ2n) is 2.92. The van der Waals surface area contributed by atoms with Gasteiger partial charge in [-0.05, 0) is 6.92 Å². The predicted molar refractivity (Wildman–Crippen MR) is 48.9 cm³/mol. The minimum atomic E-state index is -4.85. The van der Waals surface area contributed by atoms with Crippen molar-refractivity contribution in [3.05, 3.63) is 12.2 Å². The van der Waals surface area contributed by atoms with Gasteiger partial charge in [0.2, 0.25) is 0 Å². The van der Waals surface area contributed by atoms with Crippen LogP contribution in [0.15, 0.2) is 12.2 Å². The van der Waals surface area contributed by atoms with Crippen molar-refractivity contribution >= 4 is 12.9 Å². The fourth-order valence-electron chi connectivity index (χ4n) is 0.725. The summed E-state index contributed by atoms with van der Waals surface area (Å²) in [7, 11) is 0. The van der Waals surface area contributed by atoms with E-state index in [-0.39, 0.29) is 13.0 Å². The molecule has 1 atom stereocenters. The molecule has 6 heteroatoms. The van der Waals surface area contributed by atoms with E-state index in [1.165, 1.54) is 6.08 Å². The van der Waals surface area contributed by atoms with Crippen molar-refractivity contribution in [2.45, 2.75) is 26.1 Å². The highest BCUT2D eigenvalue weighted by Gasteiger charge is 2.28. The highest BCUT2D eigenvalue weighted by Crippen LogP contribution is 2.26. The quantitative estimate of drug-likeness (QED) is 0.395. The molecular formula is C8H13BF3O2-. The molecule has 82 valence electrons. The Morgan fingerprint density at radius 2 is 2.07 bits per heavy atom. The molecule has 0 aliphatic heterocycles. The highest BCUT2D eigenvalue weighted by atomic mass is 19.4. The van der Waals surface area contributed by atoms with Crippen molar-refractivity contribution in [2.24, 2.45) is 0 Å². The smallest absolute Gasteiger partial charge is 0.466 e. The number of ether oxygens (including phenoxy) is 1. The van der Waals surface area contributed by atoms with Crippen molar-refractivity contribution in [3.63, 3.8) is 0 Å². The summed E-state index contributed by atoms with van der Waals surface area (Å²) in [6.45, 7) is -1.91. The Morgan fingerprint density at radius 1 is 1.50 bits per heavy atom. The lowest BCUT2D eigenvalue weighted by atomic mass is 9.74. The molecule has 0 radical (unpaired) electrons. The molecule has 0 aromatic rings. The number of hydrogen-bond acceptors (Lipinski definition) is 2. The van der Waals surface area contributed by atoms with Gasteiger partial charge in [0.15, 0.2) is 0 Å². The first-order valence-corrected chi connectivity index (χ1v) is 4.40. The molecule has 0 rings (SSSR count). The summed E-state index contributed by atoms with van der Waals surface area (Å²) in [6.07, 6.45) is 2.07. The molecule has 0 spiro atoms. The van der Waals surface area contributed by atoms with Gasteiger partial charge in [0.25, 0.3) is 0 Å². The lowest BCUT2D eigenvalue weighted by Gasteiger charge is -2.18. The number of hydrogen-bond donors (Lipinski definition) is 0. The monoisotopic (exact) mass is 209 g/mol. The standard InChI is InChI=1S/C8H13BF3O2/c1-3-14-8(13)6-4-5-7(2)9(10,11)12/h4-5,7H,3,6H2,1-2H3/q-1/b5-4+/t7-/m0/s1. The number of carbonyl (C=O) groups excluding carboxylic acids is 1. The Morgan fingerprint density at radius 3 is 2.50 bits per heavy atom. The van der Waals surface area contributed by atoms with E-state index in [1.54, 1.807) is 6.92 Å². The lowest BCUT2D eigenvalue weighted by molar-refractivity contribution is -0.142. The van der Waals surface area contributed by atoms with Crippen LogP contribution in [0.4, 0.5) is 12.9 Å². The van der Waals surface area contributed by atoms with Crippen LogP contribution in [-0.2, 0) is 9.53 Å². The first kappa shape index (κ1) is 13.1. The number of rotatable bonds is 5. The summed E-state index contributed by atoms with van der Waals surface area (Å²) < 4.78 is 40.6. The Hall–Kier alpha value is -0.935. The third-order valence-corrected chi connectivity index (χ3v) is 1.63. The zero-order valence-electron chi connectivity index (χ0n) is 8.17. The third kappa shape index (κ3) is 5.67. The van der Waals surface area contributed by atoms with Crippen LogP contribution < -0.4 is 0 Å². The maximum absolute atomic E-state index is 12.0. The lowest BCUT2D eigenvalue weighted by Crippen LogP contribution is -2.20. The van der Waals surface area contributed by atoms with Crippen molar-refractivity contribution in [1.82, 2.24) is 0 Å². The Balaban J connectivity index is 3.89. The molecule has 0 unspecified atom stereocenters. The zero-order valence-corrected chi connectivity index (χ0v) is 8.17. The second-order valence-corrected chi connectivity index (χ2v) is 2.92. The van der Waals surface area contributed by atoms with E-state index in [0.717, 1.165) is 13.0 Å². The van der Waals surface area contributed by atoms with Crippen LogP contribution in [0, 0.1) is 0 Å². The van der Waals surface area contributed by atoms with Gasteiger partial charge in [0.1, 0.15) is 0 Å². The average Bonchev–Trinajstić information content (AvgIpc) is 2.02. The summed E-state index contributed by atoms with van der Waals surface area (Å²) in [6, 6.07) is 0. The SMILES string of the molecule is CCOC(=O)C/C=C/[C@H](C)[B-](F)(F)F. The van der Waals surface area contributed by atoms with Crippen molar-refractivity contribution < 1.29 is 22.5 Å². The zero-order chi connectivity index (χ0) is 11.2. The largest absolute Gasteiger partial charge is 0.484 e. The molecule has 0 heterocycles. The van der Waals surface area contributed by atoms with Crippen LogP contribution in [0.2, 0.25) is 5.82 Å². The van der Waals surface area contributed by atoms with Gasteiger partial charge in [-0.2, -0.15) is 0 Å². The van der Waals surface area contributed by atoms with Gasteiger partial charge in [-0.1, -0.05) is 18.8 Å². The number of carbonyl (C=O) groups is 1. The number of allylic oxidation sites excluding steroid dienone is 1. The van der Waals surface area contributed by atoms with E-state index in [1.807, 2.05) is 0 Å². The molecule has 0 saturated heterocycles. The number of esters is 1. The van der Waals surface area contributed by atoms with Crippen LogP contribution in [0.5, 0.6) is 0 Å². The maximum atomic E-state index is 12.0. The molecule has 0 saturated carbocycles. The predicted octanol–water partition coefficient (Wildman–Crippen LogP) is 2.73. The van der Waals surface area contributed by atoms with E-state index in [9.17, 15) is 17.7 Å². The van der Waals surface area contributed by atoms with Crippen molar-refractivity contribution in [1.29, 1.82) is 0 Å². The van der Waals surface area contributed by atoms with Gasteiger partial charge in [0, 0.05) is 0 Å². The molecule has 0 N–H and O–H groups in total. The summed E-state index contributed by atoms with van der Waals surface area (Å²) in [5.74, 6) is -1.98. The van der Waals surface area contributed by atoms with E-state index in [4.69, 9.17) is 0 Å². The van der Waals surface area contributed by atoms with Crippen LogP contribution in [0.1, 0.15) is 20.3 Å². The molecule has 0 aliphatic carbocycles. The normalized spacial score (nSPS) is 14.4. The topological polar surface area (TPSA) is 26.3 Å². The Kier molecular flexibility index (Phi) is 5.34. The average molecular weight is 209 g/mol. The molecule has 14 heavy (non-hydrogen) atoms. The molecule has 0 bridgehead atoms. The van der Waals surface area contributed by atoms with Crippen molar-refractivity contribution in [2.75, 3.05) is 6.61 Å². The first-order valence-electron chi connectivity index (χ1n) is 4.40. The van der Waals surface area contributed by atoms with E-state index >= 15 is 0 Å². The van der Waals surface area contributed by atoms with Crippen LogP contribution in [0.3, 0.4) is 0 Å². The summed E-state index contributed by atoms with van der Waals surface area (Å²) in [5.41, 5.74) is 0. The maximum Gasteiger partial charge on any atom is 0.484 e. The summed E-state index contributed by atoms with van der Waals surface area (Å²) >= 11 is 0. The van der Waals surface area contributed by atoms with E-state index < -0.39 is 18.8 Å². The van der Waals surface area contributed by atoms with E-state index in [2.05, 4.69) is 4.74 Å². The first-order chi connectivity index (χ1) is 6.38. The Bertz CT molecular complexity index is 213. The molecule has 0 aromatic carbocycles. The van der Waals surface area contributed by atoms with Gasteiger partial charge in [-0.15, -0.1) is 6.08 Å². The van der Waals surface area contributed by atoms with Gasteiger partial charge < -0.3 is 17.7 Å². The molecular weight excluding hydrogens is 196 g/mol. The third-order valence-electron chi connectivity index (χ3n) is 1.63. The molecule has 0 fully saturated rings. The highest BCUT2D eigenvalue weighted by molar-refractivity contribution is 6.60. The minimum Gasteiger partial charge on any atom is -0.466 e. The molecule has 2 nitrogen and oxygen atoms in total. The fraction of sp³-hybridized carbons (Fsp3) is 0.625. The van der Waals surface area contributed by atoms with E-state index in [0.29, 0.717) is 0 Å². The molecule has 0 aliphatic rings. The van der Waals surface area contributed by atoms with Gasteiger partial charge in [0.05, 0.1) is 13.0 Å². The molecule has 0 aromatic heterocycles. The van der Waals surface area contributed by atoms with Crippen molar-refractivity contribution in [3.8, 4) is 0 Å². The fourth-order valence-corrected chi connectivity index (χ4v) is 0.725. The van der Waals surface area contributed by atoms with Crippen LogP contribution in [-0.4, -0.2) is 19.6 Å². The minimum absolute atomic E-state index is 0.107. The number of halogens is 3. The molecule has 0 amide bonds.